The fourth-order valence-corrected chi connectivity index (χ4v) is 9.67. The molecule has 0 saturated heterocycles. The summed E-state index contributed by atoms with van der Waals surface area (Å²) in [5.74, 6) is 3.24. The van der Waals surface area contributed by atoms with Crippen LogP contribution in [0.1, 0.15) is 119 Å². The van der Waals surface area contributed by atoms with Crippen LogP contribution in [0.3, 0.4) is 0 Å². The van der Waals surface area contributed by atoms with Gasteiger partial charge in [-0.2, -0.15) is 0 Å². The average molecular weight is 660 g/mol. The Balaban J connectivity index is -0.000000569. The van der Waals surface area contributed by atoms with Gasteiger partial charge in [-0.05, 0) is 49.0 Å². The molecule has 0 spiro atoms. The summed E-state index contributed by atoms with van der Waals surface area (Å²) in [5.41, 5.74) is -5.58. The zero-order valence-corrected chi connectivity index (χ0v) is 31.4. The second-order valence-electron chi connectivity index (χ2n) is 9.42. The van der Waals surface area contributed by atoms with Crippen LogP contribution in [0, 0.1) is 11.8 Å². The Morgan fingerprint density at radius 2 is 0.971 bits per heavy atom. The molecule has 0 aromatic rings. The third-order valence-corrected chi connectivity index (χ3v) is 13.6. The topological polar surface area (TPSA) is 64.6 Å². The van der Waals surface area contributed by atoms with Gasteiger partial charge >= 0.3 is 19.5 Å². The van der Waals surface area contributed by atoms with Crippen LogP contribution in [0.4, 0.5) is 0 Å². The van der Waals surface area contributed by atoms with E-state index in [-0.39, 0.29) is 19.5 Å². The number of hydrogen-bond donors (Lipinski definition) is 0. The molecule has 0 bridgehead atoms. The molecule has 0 aliphatic rings. The minimum Gasteiger partial charge on any atom is -0.793 e. The largest absolute Gasteiger partial charge is 2.00 e. The fourth-order valence-electron chi connectivity index (χ4n) is 2.73. The van der Waals surface area contributed by atoms with Gasteiger partial charge in [-0.1, -0.05) is 117 Å². The fraction of sp³-hybridized carbons (Fsp3) is 1.00. The van der Waals surface area contributed by atoms with Crippen molar-refractivity contribution in [2.24, 2.45) is 11.8 Å². The summed E-state index contributed by atoms with van der Waals surface area (Å²) in [6, 6.07) is 0. The van der Waals surface area contributed by atoms with E-state index in [1.54, 1.807) is 0 Å². The van der Waals surface area contributed by atoms with Gasteiger partial charge in [0, 0.05) is 11.4 Å². The zero-order valence-electron chi connectivity index (χ0n) is 23.3. The number of rotatable bonds is 22. The summed E-state index contributed by atoms with van der Waals surface area (Å²) in [5, 5.41) is 0. The molecule has 0 amide bonds. The summed E-state index contributed by atoms with van der Waals surface area (Å²) in [7, 11) is 0. The molecule has 11 heteroatoms. The maximum Gasteiger partial charge on any atom is 2.00 e. The molecule has 0 radical (unpaired) electrons. The van der Waals surface area contributed by atoms with Gasteiger partial charge in [-0.3, -0.25) is 0 Å². The molecule has 2 atom stereocenters. The van der Waals surface area contributed by atoms with Gasteiger partial charge in [-0.15, -0.1) is 22.8 Å². The van der Waals surface area contributed by atoms with E-state index in [2.05, 4.69) is 41.5 Å². The number of hydrogen-bond acceptors (Lipinski definition) is 8. The minimum atomic E-state index is -2.79. The van der Waals surface area contributed by atoms with Crippen molar-refractivity contribution in [2.45, 2.75) is 119 Å². The van der Waals surface area contributed by atoms with Crippen molar-refractivity contribution < 1.29 is 38.3 Å². The van der Waals surface area contributed by atoms with Crippen LogP contribution in [0.15, 0.2) is 0 Å². The van der Waals surface area contributed by atoms with E-state index in [0.29, 0.717) is 13.2 Å². The molecule has 208 valence electrons. The van der Waals surface area contributed by atoms with E-state index in [1.165, 1.54) is 48.4 Å². The van der Waals surface area contributed by atoms with Gasteiger partial charge in [0.05, 0.1) is 13.2 Å². The monoisotopic (exact) mass is 658 g/mol. The normalized spacial score (nSPS) is 14.7. The van der Waals surface area contributed by atoms with E-state index in [1.807, 2.05) is 0 Å². The van der Waals surface area contributed by atoms with E-state index in [9.17, 15) is 9.79 Å². The van der Waals surface area contributed by atoms with Gasteiger partial charge in [-0.25, -0.2) is 0 Å². The molecule has 0 fully saturated rings. The predicted octanol–water partition coefficient (Wildman–Crippen LogP) is 8.67. The summed E-state index contributed by atoms with van der Waals surface area (Å²) >= 11 is 12.6. The SMILES string of the molecule is CCCCSP([O-])(=S)OCCCCCC(C)C.CCCCSP([O-])(=S)OCCCCCC(C)C.[Zn+2]. The first kappa shape index (κ1) is 41.9. The van der Waals surface area contributed by atoms with Crippen LogP contribution in [-0.2, 0) is 52.1 Å². The van der Waals surface area contributed by atoms with Crippen molar-refractivity contribution >= 4 is 57.8 Å². The third kappa shape index (κ3) is 36.5. The average Bonchev–Trinajstić information content (AvgIpc) is 2.73. The molecule has 0 aliphatic carbocycles. The molecule has 0 aromatic carbocycles. The Labute approximate surface area is 249 Å². The van der Waals surface area contributed by atoms with Gasteiger partial charge in [0.15, 0.2) is 0 Å². The van der Waals surface area contributed by atoms with Gasteiger partial charge in [0.2, 0.25) is 0 Å². The molecule has 4 nitrogen and oxygen atoms in total. The smallest absolute Gasteiger partial charge is 0.793 e. The molecule has 0 saturated carbocycles. The van der Waals surface area contributed by atoms with Crippen LogP contribution in [0.25, 0.3) is 0 Å². The van der Waals surface area contributed by atoms with Crippen molar-refractivity contribution in [1.29, 1.82) is 0 Å². The van der Waals surface area contributed by atoms with Gasteiger partial charge in [0.1, 0.15) is 0 Å². The zero-order chi connectivity index (χ0) is 26.3. The maximum absolute atomic E-state index is 11.8. The van der Waals surface area contributed by atoms with Crippen molar-refractivity contribution in [3.05, 3.63) is 0 Å². The van der Waals surface area contributed by atoms with Crippen LogP contribution in [0.5, 0.6) is 0 Å². The quantitative estimate of drug-likeness (QED) is 0.0650. The van der Waals surface area contributed by atoms with Crippen molar-refractivity contribution in [3.8, 4) is 0 Å². The third-order valence-electron chi connectivity index (χ3n) is 4.85. The Bertz CT molecular complexity index is 498. The van der Waals surface area contributed by atoms with E-state index >= 15 is 0 Å². The van der Waals surface area contributed by atoms with Crippen molar-refractivity contribution in [1.82, 2.24) is 0 Å². The molecule has 2 unspecified atom stereocenters. The standard InChI is InChI=1S/2C12H27O2PS2.Zn/c2*1-4-5-11-17-15(13,16)14-10-8-6-7-9-12(2)3;/h2*12H,4-11H2,1-3H3,(H,13,16);/q;;+2/p-2. The first-order valence-electron chi connectivity index (χ1n) is 13.2. The molecule has 0 aromatic heterocycles. The maximum atomic E-state index is 11.8. The van der Waals surface area contributed by atoms with E-state index in [0.717, 1.165) is 74.7 Å². The summed E-state index contributed by atoms with van der Waals surface area (Å²) < 4.78 is 10.6. The first-order valence-corrected chi connectivity index (χ1v) is 21.6. The Morgan fingerprint density at radius 1 is 0.629 bits per heavy atom. The van der Waals surface area contributed by atoms with Crippen LogP contribution < -0.4 is 9.79 Å². The van der Waals surface area contributed by atoms with Crippen LogP contribution >= 0.6 is 34.2 Å². The van der Waals surface area contributed by atoms with Crippen LogP contribution in [-0.4, -0.2) is 24.7 Å². The molecule has 35 heavy (non-hydrogen) atoms. The predicted molar refractivity (Wildman–Crippen MR) is 162 cm³/mol. The van der Waals surface area contributed by atoms with E-state index in [4.69, 9.17) is 32.7 Å². The summed E-state index contributed by atoms with van der Waals surface area (Å²) in [6.07, 6.45) is 13.6. The van der Waals surface area contributed by atoms with Gasteiger partial charge < -0.3 is 18.8 Å². The second-order valence-corrected chi connectivity index (χ2v) is 21.8. The molecular formula is C24H52O4P2S4Zn. The molecule has 0 heterocycles. The Hall–Kier alpha value is 2.46. The Morgan fingerprint density at radius 3 is 1.26 bits per heavy atom. The molecule has 0 rings (SSSR count). The Kier molecular flexibility index (Phi) is 33.6. The number of unbranched alkanes of at least 4 members (excludes halogenated alkanes) is 6. The van der Waals surface area contributed by atoms with Gasteiger partial charge in [0.25, 0.3) is 0 Å². The molecule has 0 aliphatic heterocycles. The molecule has 0 N–H and O–H groups in total. The van der Waals surface area contributed by atoms with E-state index < -0.39 is 11.4 Å². The second kappa shape index (κ2) is 28.0. The van der Waals surface area contributed by atoms with Crippen LogP contribution in [0.2, 0.25) is 0 Å². The first-order chi connectivity index (χ1) is 16.0. The molecular weight excluding hydrogens is 608 g/mol. The summed E-state index contributed by atoms with van der Waals surface area (Å²) in [4.78, 5) is 23.6. The minimum absolute atomic E-state index is 0. The van der Waals surface area contributed by atoms with Crippen molar-refractivity contribution in [2.75, 3.05) is 24.7 Å². The summed E-state index contributed by atoms with van der Waals surface area (Å²) in [6.45, 7) is 14.3. The van der Waals surface area contributed by atoms with Crippen molar-refractivity contribution in [3.63, 3.8) is 0 Å².